The van der Waals surface area contributed by atoms with Crippen LogP contribution in [-0.4, -0.2) is 17.6 Å². The normalized spacial score (nSPS) is 10.2. The summed E-state index contributed by atoms with van der Waals surface area (Å²) >= 11 is 0. The molecule has 0 radical (unpaired) electrons. The fraction of sp³-hybridized carbons (Fsp3) is 0.188. The van der Waals surface area contributed by atoms with Crippen molar-refractivity contribution >= 4 is 5.91 Å². The third-order valence-corrected chi connectivity index (χ3v) is 3.10. The second-order valence-corrected chi connectivity index (χ2v) is 4.54. The van der Waals surface area contributed by atoms with Gasteiger partial charge in [-0.3, -0.25) is 10.2 Å². The Kier molecular flexibility index (Phi) is 5.31. The van der Waals surface area contributed by atoms with E-state index in [0.717, 1.165) is 16.9 Å². The Bertz CT molecular complexity index is 597. The van der Waals surface area contributed by atoms with Gasteiger partial charge in [0, 0.05) is 12.2 Å². The van der Waals surface area contributed by atoms with Crippen LogP contribution in [0.15, 0.2) is 48.5 Å². The minimum absolute atomic E-state index is 0.0866. The monoisotopic (exact) mass is 286 g/mol. The molecule has 0 aliphatic rings. The predicted molar refractivity (Wildman–Crippen MR) is 79.7 cm³/mol. The van der Waals surface area contributed by atoms with Crippen LogP contribution in [0, 0.1) is 0 Å². The Hall–Kier alpha value is -2.37. The zero-order chi connectivity index (χ0) is 15.1. The summed E-state index contributed by atoms with van der Waals surface area (Å²) in [6.45, 7) is 0.482. The highest BCUT2D eigenvalue weighted by Gasteiger charge is 2.05. The number of nitrogens with one attached hydrogen (secondary N) is 1. The first-order valence-electron chi connectivity index (χ1n) is 6.66. The lowest BCUT2D eigenvalue weighted by atomic mass is 10.1. The Morgan fingerprint density at radius 1 is 1.14 bits per heavy atom. The molecular formula is C16H18N2O3. The topological polar surface area (TPSA) is 84.6 Å². The third kappa shape index (κ3) is 4.05. The van der Waals surface area contributed by atoms with E-state index in [1.165, 1.54) is 0 Å². The molecule has 0 aliphatic carbocycles. The summed E-state index contributed by atoms with van der Waals surface area (Å²) in [6.07, 6.45) is 0.561. The van der Waals surface area contributed by atoms with Crippen molar-refractivity contribution in [1.82, 2.24) is 5.43 Å². The van der Waals surface area contributed by atoms with Crippen molar-refractivity contribution in [2.24, 2.45) is 5.84 Å². The molecule has 2 rings (SSSR count). The maximum atomic E-state index is 11.3. The van der Waals surface area contributed by atoms with Crippen LogP contribution in [0.3, 0.4) is 0 Å². The van der Waals surface area contributed by atoms with E-state index in [4.69, 9.17) is 15.7 Å². The molecule has 110 valence electrons. The van der Waals surface area contributed by atoms with Gasteiger partial charge in [-0.05, 0) is 35.7 Å². The van der Waals surface area contributed by atoms with E-state index in [9.17, 15) is 4.79 Å². The van der Waals surface area contributed by atoms with Gasteiger partial charge in [-0.2, -0.15) is 0 Å². The minimum Gasteiger partial charge on any atom is -0.489 e. The van der Waals surface area contributed by atoms with Crippen LogP contribution < -0.4 is 16.0 Å². The van der Waals surface area contributed by atoms with E-state index in [2.05, 4.69) is 5.43 Å². The molecule has 0 fully saturated rings. The van der Waals surface area contributed by atoms with Crippen molar-refractivity contribution < 1.29 is 14.6 Å². The number of amides is 1. The number of benzene rings is 2. The van der Waals surface area contributed by atoms with Gasteiger partial charge < -0.3 is 9.84 Å². The lowest BCUT2D eigenvalue weighted by Gasteiger charge is -2.11. The molecule has 21 heavy (non-hydrogen) atoms. The number of carbonyl (C=O) groups excluding carboxylic acids is 1. The van der Waals surface area contributed by atoms with Crippen molar-refractivity contribution in [2.75, 3.05) is 6.61 Å². The molecule has 0 aromatic heterocycles. The molecule has 0 saturated carbocycles. The van der Waals surface area contributed by atoms with E-state index in [1.807, 2.05) is 36.4 Å². The largest absolute Gasteiger partial charge is 0.489 e. The smallest absolute Gasteiger partial charge is 0.265 e. The molecule has 5 nitrogen and oxygen atoms in total. The summed E-state index contributed by atoms with van der Waals surface area (Å²) in [5, 5.41) is 9.03. The number of rotatable bonds is 6. The first-order chi connectivity index (χ1) is 10.2. The van der Waals surface area contributed by atoms with Gasteiger partial charge >= 0.3 is 0 Å². The van der Waals surface area contributed by atoms with E-state index < -0.39 is 0 Å². The van der Waals surface area contributed by atoms with Crippen molar-refractivity contribution in [3.8, 4) is 5.75 Å². The van der Waals surface area contributed by atoms with E-state index in [-0.39, 0.29) is 12.5 Å². The van der Waals surface area contributed by atoms with E-state index in [0.29, 0.717) is 18.6 Å². The predicted octanol–water partition coefficient (Wildman–Crippen LogP) is 1.40. The highest BCUT2D eigenvalue weighted by molar-refractivity contribution is 5.93. The molecule has 5 heteroatoms. The minimum atomic E-state index is -0.323. The molecule has 0 unspecified atom stereocenters. The second-order valence-electron chi connectivity index (χ2n) is 4.54. The first-order valence-corrected chi connectivity index (χ1v) is 6.66. The van der Waals surface area contributed by atoms with E-state index in [1.54, 1.807) is 12.1 Å². The van der Waals surface area contributed by atoms with Gasteiger partial charge in [-0.25, -0.2) is 5.84 Å². The average molecular weight is 286 g/mol. The van der Waals surface area contributed by atoms with Gasteiger partial charge in [-0.15, -0.1) is 0 Å². The average Bonchev–Trinajstić information content (AvgIpc) is 2.54. The Balaban J connectivity index is 2.01. The number of carbonyl (C=O) groups is 1. The van der Waals surface area contributed by atoms with E-state index >= 15 is 0 Å². The Labute approximate surface area is 123 Å². The van der Waals surface area contributed by atoms with Gasteiger partial charge in [-0.1, -0.05) is 30.3 Å². The Morgan fingerprint density at radius 2 is 1.86 bits per heavy atom. The quantitative estimate of drug-likeness (QED) is 0.426. The highest BCUT2D eigenvalue weighted by atomic mass is 16.5. The Morgan fingerprint density at radius 3 is 2.52 bits per heavy atom. The molecule has 2 aromatic rings. The van der Waals surface area contributed by atoms with Crippen LogP contribution in [0.1, 0.15) is 21.5 Å². The maximum Gasteiger partial charge on any atom is 0.265 e. The summed E-state index contributed by atoms with van der Waals surface area (Å²) < 4.78 is 5.77. The number of para-hydroxylation sites is 1. The SMILES string of the molecule is NNC(=O)c1ccc(COc2ccccc2CCO)cc1. The zero-order valence-corrected chi connectivity index (χ0v) is 11.6. The van der Waals surface area contributed by atoms with Gasteiger partial charge in [0.15, 0.2) is 0 Å². The number of hydrogen-bond donors (Lipinski definition) is 3. The second kappa shape index (κ2) is 7.42. The van der Waals surface area contributed by atoms with Gasteiger partial charge in [0.05, 0.1) is 0 Å². The highest BCUT2D eigenvalue weighted by Crippen LogP contribution is 2.19. The van der Waals surface area contributed by atoms with Crippen molar-refractivity contribution in [3.63, 3.8) is 0 Å². The molecule has 0 bridgehead atoms. The summed E-state index contributed by atoms with van der Waals surface area (Å²) in [5.74, 6) is 5.51. The molecule has 4 N–H and O–H groups in total. The van der Waals surface area contributed by atoms with Crippen LogP contribution in [0.25, 0.3) is 0 Å². The zero-order valence-electron chi connectivity index (χ0n) is 11.6. The van der Waals surface area contributed by atoms with Crippen molar-refractivity contribution in [2.45, 2.75) is 13.0 Å². The molecule has 0 heterocycles. The van der Waals surface area contributed by atoms with Gasteiger partial charge in [0.2, 0.25) is 0 Å². The first kappa shape index (κ1) is 15.0. The molecule has 0 atom stereocenters. The summed E-state index contributed by atoms with van der Waals surface area (Å²) in [7, 11) is 0. The number of aliphatic hydroxyl groups is 1. The molecule has 0 spiro atoms. The standard InChI is InChI=1S/C16H18N2O3/c17-18-16(20)14-7-5-12(6-8-14)11-21-15-4-2-1-3-13(15)9-10-19/h1-8,19H,9-11,17H2,(H,18,20). The summed E-state index contributed by atoms with van der Waals surface area (Å²) in [4.78, 5) is 11.3. The van der Waals surface area contributed by atoms with Crippen LogP contribution in [-0.2, 0) is 13.0 Å². The number of nitrogens with two attached hydrogens (primary N) is 1. The van der Waals surface area contributed by atoms with Crippen LogP contribution >= 0.6 is 0 Å². The number of nitrogen functional groups attached to an aromatic ring is 1. The summed E-state index contributed by atoms with van der Waals surface area (Å²) in [5.41, 5.74) is 4.51. The lowest BCUT2D eigenvalue weighted by molar-refractivity contribution is 0.0953. The fourth-order valence-corrected chi connectivity index (χ4v) is 1.97. The number of hydrazine groups is 1. The number of hydrogen-bond acceptors (Lipinski definition) is 4. The van der Waals surface area contributed by atoms with Crippen molar-refractivity contribution in [1.29, 1.82) is 0 Å². The summed E-state index contributed by atoms with van der Waals surface area (Å²) in [6, 6.07) is 14.6. The lowest BCUT2D eigenvalue weighted by Crippen LogP contribution is -2.29. The molecule has 0 aliphatic heterocycles. The van der Waals surface area contributed by atoms with Crippen LogP contribution in [0.5, 0.6) is 5.75 Å². The van der Waals surface area contributed by atoms with Gasteiger partial charge in [0.1, 0.15) is 12.4 Å². The van der Waals surface area contributed by atoms with Gasteiger partial charge in [0.25, 0.3) is 5.91 Å². The molecule has 1 amide bonds. The molecular weight excluding hydrogens is 268 g/mol. The van der Waals surface area contributed by atoms with Crippen LogP contribution in [0.4, 0.5) is 0 Å². The maximum absolute atomic E-state index is 11.3. The molecule has 0 saturated heterocycles. The third-order valence-electron chi connectivity index (χ3n) is 3.10. The number of aliphatic hydroxyl groups excluding tert-OH is 1. The number of ether oxygens (including phenoxy) is 1. The van der Waals surface area contributed by atoms with Crippen LogP contribution in [0.2, 0.25) is 0 Å². The van der Waals surface area contributed by atoms with Crippen molar-refractivity contribution in [3.05, 3.63) is 65.2 Å². The fourth-order valence-electron chi connectivity index (χ4n) is 1.97. The molecule has 2 aromatic carbocycles.